The zero-order valence-corrected chi connectivity index (χ0v) is 27.6. The minimum Gasteiger partial charge on any atom is -0.371 e. The van der Waals surface area contributed by atoms with Crippen LogP contribution in [0.15, 0.2) is 48.9 Å². The first-order valence-corrected chi connectivity index (χ1v) is 15.7. The average molecular weight is 677 g/mol. The number of nitrogens with zero attached hydrogens (tertiary/aromatic N) is 9. The van der Waals surface area contributed by atoms with E-state index in [2.05, 4.69) is 63.1 Å². The summed E-state index contributed by atoms with van der Waals surface area (Å²) in [6.07, 6.45) is 7.55. The lowest BCUT2D eigenvalue weighted by Crippen LogP contribution is -2.49. The Morgan fingerprint density at radius 2 is 1.83 bits per heavy atom. The number of likely N-dealkylation sites (tertiary alicyclic amines) is 1. The van der Waals surface area contributed by atoms with E-state index in [0.29, 0.717) is 50.9 Å². The molecule has 1 fully saturated rings. The summed E-state index contributed by atoms with van der Waals surface area (Å²) >= 11 is 12.8. The first-order chi connectivity index (χ1) is 22.4. The van der Waals surface area contributed by atoms with Gasteiger partial charge in [-0.15, -0.1) is 10.2 Å². The average Bonchev–Trinajstić information content (AvgIpc) is 3.71. The number of pyridine rings is 1. The maximum atomic E-state index is 13.9. The molecule has 2 aromatic carbocycles. The second-order valence-corrected chi connectivity index (χ2v) is 13.5. The summed E-state index contributed by atoms with van der Waals surface area (Å²) in [6.45, 7) is 7.04. The first-order valence-electron chi connectivity index (χ1n) is 14.9. The molecule has 6 rings (SSSR count). The summed E-state index contributed by atoms with van der Waals surface area (Å²) in [7, 11) is 1.78. The molecule has 47 heavy (non-hydrogen) atoms. The Morgan fingerprint density at radius 1 is 1.09 bits per heavy atom. The van der Waals surface area contributed by atoms with Gasteiger partial charge in [-0.25, -0.2) is 9.07 Å². The molecular formula is C32H32Cl2FN11O. The summed E-state index contributed by atoms with van der Waals surface area (Å²) < 4.78 is 17.3. The lowest BCUT2D eigenvalue weighted by Gasteiger charge is -2.44. The summed E-state index contributed by atoms with van der Waals surface area (Å²) in [5.74, 6) is -0.556. The van der Waals surface area contributed by atoms with Crippen LogP contribution in [0.3, 0.4) is 0 Å². The molecule has 0 bridgehead atoms. The Kier molecular flexibility index (Phi) is 8.74. The van der Waals surface area contributed by atoms with Crippen LogP contribution in [0.1, 0.15) is 62.6 Å². The molecule has 0 spiro atoms. The van der Waals surface area contributed by atoms with E-state index in [1.54, 1.807) is 24.0 Å². The Balaban J connectivity index is 1.37. The van der Waals surface area contributed by atoms with Crippen molar-refractivity contribution in [2.45, 2.75) is 51.7 Å². The third-order valence-corrected chi connectivity index (χ3v) is 8.99. The standard InChI is InChI=1S/C32H32Cl2FN11O/c1-32(2,3)28-12-21(7-8-45(28)17-47)46-16-27(41-43-46)31(26-15-44(4)42-40-26)39-20-9-22-29(38-19-5-6-25(35)23(33)10-19)18(13-36)14-37-30(22)24(34)11-20/h5-6,9-11,14-17,21,28,31,39H,7-8,12H2,1-4H3,(H,37,38). The number of aryl methyl sites for hydroxylation is 1. The summed E-state index contributed by atoms with van der Waals surface area (Å²) in [5.41, 5.74) is 3.34. The zero-order chi connectivity index (χ0) is 33.5. The topological polar surface area (TPSA) is 142 Å². The van der Waals surface area contributed by atoms with E-state index in [1.807, 2.05) is 21.8 Å². The normalized spacial score (nSPS) is 17.4. The van der Waals surface area contributed by atoms with Crippen LogP contribution in [-0.2, 0) is 11.8 Å². The third kappa shape index (κ3) is 6.57. The smallest absolute Gasteiger partial charge is 0.209 e. The van der Waals surface area contributed by atoms with Crippen molar-refractivity contribution in [3.05, 3.63) is 81.7 Å². The van der Waals surface area contributed by atoms with Crippen LogP contribution in [0.5, 0.6) is 0 Å². The summed E-state index contributed by atoms with van der Waals surface area (Å²) in [4.78, 5) is 18.1. The van der Waals surface area contributed by atoms with Crippen molar-refractivity contribution in [1.29, 1.82) is 5.26 Å². The van der Waals surface area contributed by atoms with Gasteiger partial charge >= 0.3 is 0 Å². The molecule has 0 saturated carbocycles. The molecule has 0 aliphatic carbocycles. The van der Waals surface area contributed by atoms with Crippen LogP contribution in [-0.4, -0.2) is 58.9 Å². The molecular weight excluding hydrogens is 644 g/mol. The third-order valence-electron chi connectivity index (χ3n) is 8.41. The van der Waals surface area contributed by atoms with Crippen molar-refractivity contribution in [1.82, 2.24) is 39.9 Å². The number of amides is 1. The second-order valence-electron chi connectivity index (χ2n) is 12.7. The van der Waals surface area contributed by atoms with Crippen LogP contribution in [0, 0.1) is 22.6 Å². The monoisotopic (exact) mass is 675 g/mol. The largest absolute Gasteiger partial charge is 0.371 e. The second kappa shape index (κ2) is 12.8. The van der Waals surface area contributed by atoms with Crippen LogP contribution in [0.25, 0.3) is 10.9 Å². The molecule has 5 aromatic rings. The highest BCUT2D eigenvalue weighted by atomic mass is 35.5. The molecule has 3 unspecified atom stereocenters. The molecule has 242 valence electrons. The van der Waals surface area contributed by atoms with Gasteiger partial charge in [0, 0.05) is 42.6 Å². The minimum absolute atomic E-state index is 0.0540. The van der Waals surface area contributed by atoms with Crippen LogP contribution in [0.2, 0.25) is 10.0 Å². The molecule has 1 saturated heterocycles. The Bertz CT molecular complexity index is 2000. The lowest BCUT2D eigenvalue weighted by atomic mass is 9.79. The molecule has 15 heteroatoms. The highest BCUT2D eigenvalue weighted by Gasteiger charge is 2.37. The zero-order valence-electron chi connectivity index (χ0n) is 26.1. The number of nitrogens with one attached hydrogen (secondary N) is 2. The number of hydrogen-bond acceptors (Lipinski definition) is 9. The predicted octanol–water partition coefficient (Wildman–Crippen LogP) is 6.43. The van der Waals surface area contributed by atoms with Crippen molar-refractivity contribution >= 4 is 57.6 Å². The Labute approximate surface area is 280 Å². The van der Waals surface area contributed by atoms with Gasteiger partial charge in [-0.1, -0.05) is 54.4 Å². The molecule has 1 aliphatic heterocycles. The minimum atomic E-state index is -0.570. The van der Waals surface area contributed by atoms with Gasteiger partial charge in [0.2, 0.25) is 6.41 Å². The van der Waals surface area contributed by atoms with E-state index >= 15 is 0 Å². The van der Waals surface area contributed by atoms with Crippen LogP contribution in [0.4, 0.5) is 21.5 Å². The Hall–Kier alpha value is -4.80. The van der Waals surface area contributed by atoms with Gasteiger partial charge in [0.15, 0.2) is 0 Å². The van der Waals surface area contributed by atoms with E-state index in [0.717, 1.165) is 19.3 Å². The van der Waals surface area contributed by atoms with E-state index < -0.39 is 11.9 Å². The number of nitriles is 1. The molecule has 0 radical (unpaired) electrons. The van der Waals surface area contributed by atoms with Crippen molar-refractivity contribution < 1.29 is 9.18 Å². The number of piperidine rings is 1. The molecule has 3 aromatic heterocycles. The molecule has 2 N–H and O–H groups in total. The van der Waals surface area contributed by atoms with E-state index in [1.165, 1.54) is 24.4 Å². The summed E-state index contributed by atoms with van der Waals surface area (Å²) in [5, 5.41) is 35.0. The number of anilines is 3. The quantitative estimate of drug-likeness (QED) is 0.178. The predicted molar refractivity (Wildman–Crippen MR) is 177 cm³/mol. The van der Waals surface area contributed by atoms with Crippen molar-refractivity contribution in [3.63, 3.8) is 0 Å². The highest BCUT2D eigenvalue weighted by molar-refractivity contribution is 6.36. The number of rotatable bonds is 8. The number of halogens is 3. The van der Waals surface area contributed by atoms with Crippen molar-refractivity contribution in [2.75, 3.05) is 17.2 Å². The number of carbonyl (C=O) groups is 1. The number of carbonyl (C=O) groups excluding carboxylic acids is 1. The van der Waals surface area contributed by atoms with Gasteiger partial charge in [-0.3, -0.25) is 14.5 Å². The fourth-order valence-electron chi connectivity index (χ4n) is 6.03. The van der Waals surface area contributed by atoms with Gasteiger partial charge in [0.1, 0.15) is 29.3 Å². The number of aromatic nitrogens is 7. The highest BCUT2D eigenvalue weighted by Crippen LogP contribution is 2.38. The number of benzene rings is 2. The number of hydrogen-bond donors (Lipinski definition) is 2. The number of fused-ring (bicyclic) bond motifs is 1. The SMILES string of the molecule is Cn1cc(C(Nc2cc(Cl)c3ncc(C#N)c(Nc4ccc(F)c(Cl)c4)c3c2)c2cn(C3CCN(C=O)C(C(C)(C)C)C3)nn2)nn1. The van der Waals surface area contributed by atoms with Crippen LogP contribution >= 0.6 is 23.2 Å². The van der Waals surface area contributed by atoms with Gasteiger partial charge in [0.05, 0.1) is 45.2 Å². The molecule has 12 nitrogen and oxygen atoms in total. The molecule has 4 heterocycles. The maximum absolute atomic E-state index is 13.9. The van der Waals surface area contributed by atoms with Gasteiger partial charge in [-0.2, -0.15) is 5.26 Å². The lowest BCUT2D eigenvalue weighted by molar-refractivity contribution is -0.125. The molecule has 3 atom stereocenters. The Morgan fingerprint density at radius 3 is 2.51 bits per heavy atom. The van der Waals surface area contributed by atoms with Gasteiger partial charge in [0.25, 0.3) is 0 Å². The fourth-order valence-corrected chi connectivity index (χ4v) is 6.48. The van der Waals surface area contributed by atoms with Crippen LogP contribution < -0.4 is 10.6 Å². The van der Waals surface area contributed by atoms with E-state index in [4.69, 9.17) is 23.2 Å². The van der Waals surface area contributed by atoms with Crippen molar-refractivity contribution in [3.8, 4) is 6.07 Å². The van der Waals surface area contributed by atoms with E-state index in [9.17, 15) is 14.4 Å². The van der Waals surface area contributed by atoms with Crippen molar-refractivity contribution in [2.24, 2.45) is 12.5 Å². The maximum Gasteiger partial charge on any atom is 0.209 e. The first kappa shape index (κ1) is 32.2. The molecule has 1 aliphatic rings. The molecule has 1 amide bonds. The van der Waals surface area contributed by atoms with Gasteiger partial charge in [-0.05, 0) is 48.6 Å². The van der Waals surface area contributed by atoms with Gasteiger partial charge < -0.3 is 15.5 Å². The van der Waals surface area contributed by atoms with E-state index in [-0.39, 0.29) is 28.1 Å². The fraction of sp³-hybridized carbons (Fsp3) is 0.344. The summed E-state index contributed by atoms with van der Waals surface area (Å²) in [6, 6.07) is 9.46.